The number of aromatic nitrogens is 3. The van der Waals surface area contributed by atoms with E-state index in [1.165, 1.54) is 29.8 Å². The fourth-order valence-electron chi connectivity index (χ4n) is 3.31. The van der Waals surface area contributed by atoms with Gasteiger partial charge in [0.05, 0.1) is 34.5 Å². The average molecular weight is 435 g/mol. The smallest absolute Gasteiger partial charge is 0.416 e. The minimum atomic E-state index is -4.44. The Kier molecular flexibility index (Phi) is 4.22. The van der Waals surface area contributed by atoms with E-state index in [2.05, 4.69) is 20.1 Å². The molecule has 4 heterocycles. The number of hydrazone groups is 1. The minimum absolute atomic E-state index is 0.152. The molecule has 154 valence electrons. The second-order valence-corrected chi connectivity index (χ2v) is 7.86. The Bertz CT molecular complexity index is 1200. The van der Waals surface area contributed by atoms with Gasteiger partial charge in [-0.2, -0.15) is 18.3 Å². The van der Waals surface area contributed by atoms with Crippen molar-refractivity contribution in [3.63, 3.8) is 0 Å². The summed E-state index contributed by atoms with van der Waals surface area (Å²) in [7, 11) is 0. The number of ether oxygens (including phenoxy) is 1. The maximum atomic E-state index is 12.9. The lowest BCUT2D eigenvalue weighted by molar-refractivity contribution is -0.137. The number of aliphatic carboxylic acids is 1. The summed E-state index contributed by atoms with van der Waals surface area (Å²) in [5.74, 6) is -1.07. The van der Waals surface area contributed by atoms with E-state index in [9.17, 15) is 23.1 Å². The Hall–Kier alpha value is -3.12. The average Bonchev–Trinajstić information content (AvgIpc) is 3.39. The van der Waals surface area contributed by atoms with E-state index < -0.39 is 30.0 Å². The third-order valence-electron chi connectivity index (χ3n) is 4.66. The summed E-state index contributed by atoms with van der Waals surface area (Å²) in [4.78, 5) is 24.1. The first-order valence-electron chi connectivity index (χ1n) is 8.79. The fourth-order valence-corrected chi connectivity index (χ4v) is 4.25. The van der Waals surface area contributed by atoms with E-state index in [0.717, 1.165) is 12.1 Å². The van der Waals surface area contributed by atoms with E-state index in [1.54, 1.807) is 5.01 Å². The zero-order chi connectivity index (χ0) is 21.0. The van der Waals surface area contributed by atoms with Crippen LogP contribution in [0, 0.1) is 0 Å². The van der Waals surface area contributed by atoms with Crippen LogP contribution in [0.3, 0.4) is 0 Å². The Balaban J connectivity index is 1.48. The van der Waals surface area contributed by atoms with Crippen molar-refractivity contribution in [3.05, 3.63) is 52.6 Å². The number of rotatable bonds is 4. The van der Waals surface area contributed by atoms with Gasteiger partial charge in [-0.25, -0.2) is 4.98 Å². The van der Waals surface area contributed by atoms with E-state index in [0.29, 0.717) is 21.1 Å². The molecule has 2 aromatic heterocycles. The van der Waals surface area contributed by atoms with Gasteiger partial charge in [-0.1, -0.05) is 0 Å². The first kappa shape index (κ1) is 18.9. The molecule has 3 aromatic rings. The van der Waals surface area contributed by atoms with Crippen molar-refractivity contribution in [1.82, 2.24) is 20.0 Å². The van der Waals surface area contributed by atoms with Crippen LogP contribution < -0.4 is 0 Å². The zero-order valence-corrected chi connectivity index (χ0v) is 15.8. The van der Waals surface area contributed by atoms with Gasteiger partial charge in [-0.3, -0.25) is 19.8 Å². The van der Waals surface area contributed by atoms with Crippen molar-refractivity contribution in [1.29, 1.82) is 0 Å². The summed E-state index contributed by atoms with van der Waals surface area (Å²) in [5, 5.41) is 15.8. The largest absolute Gasteiger partial charge is 0.481 e. The number of carboxylic acids is 1. The normalized spacial score (nSPS) is 20.4. The van der Waals surface area contributed by atoms with E-state index in [1.807, 2.05) is 0 Å². The lowest BCUT2D eigenvalue weighted by Crippen LogP contribution is -2.23. The quantitative estimate of drug-likeness (QED) is 0.628. The van der Waals surface area contributed by atoms with E-state index >= 15 is 0 Å². The SMILES string of the molecule is O=C(O)CC1=NN(Cc2nc3cc(C(F)(F)F)ccc3s2)C2OC2c2nccnc21. The fraction of sp³-hybridized carbons (Fsp3) is 0.278. The highest BCUT2D eigenvalue weighted by Gasteiger charge is 2.50. The predicted molar refractivity (Wildman–Crippen MR) is 98.6 cm³/mol. The lowest BCUT2D eigenvalue weighted by Gasteiger charge is -2.15. The van der Waals surface area contributed by atoms with Crippen LogP contribution in [0.25, 0.3) is 10.2 Å². The highest BCUT2D eigenvalue weighted by molar-refractivity contribution is 7.18. The molecule has 0 spiro atoms. The molecule has 2 aliphatic heterocycles. The summed E-state index contributed by atoms with van der Waals surface area (Å²) in [6, 6.07) is 3.42. The number of thiazole rings is 1. The van der Waals surface area contributed by atoms with Gasteiger partial charge in [0.2, 0.25) is 0 Å². The molecule has 0 radical (unpaired) electrons. The molecule has 2 atom stereocenters. The highest BCUT2D eigenvalue weighted by Crippen LogP contribution is 2.44. The molecular weight excluding hydrogens is 423 g/mol. The molecule has 1 aromatic carbocycles. The molecule has 1 saturated heterocycles. The number of hydrogen-bond acceptors (Lipinski definition) is 8. The molecule has 1 N–H and O–H groups in total. The number of carbonyl (C=O) groups is 1. The van der Waals surface area contributed by atoms with Crippen molar-refractivity contribution < 1.29 is 27.8 Å². The number of halogens is 3. The third-order valence-corrected chi connectivity index (χ3v) is 5.68. The summed E-state index contributed by atoms with van der Waals surface area (Å²) in [6.07, 6.45) is -2.72. The van der Waals surface area contributed by atoms with Gasteiger partial charge in [0.1, 0.15) is 16.4 Å². The van der Waals surface area contributed by atoms with Crippen molar-refractivity contribution in [3.8, 4) is 0 Å². The number of fused-ring (bicyclic) bond motifs is 4. The molecule has 5 rings (SSSR count). The maximum Gasteiger partial charge on any atom is 0.416 e. The molecular formula is C18H12F3N5O3S. The van der Waals surface area contributed by atoms with Crippen molar-refractivity contribution in [2.75, 3.05) is 0 Å². The van der Waals surface area contributed by atoms with Gasteiger partial charge in [0.25, 0.3) is 0 Å². The molecule has 8 nitrogen and oxygen atoms in total. The number of nitrogens with zero attached hydrogens (tertiary/aromatic N) is 5. The Morgan fingerprint density at radius 2 is 2.07 bits per heavy atom. The molecule has 1 fully saturated rings. The number of benzene rings is 1. The van der Waals surface area contributed by atoms with Crippen LogP contribution in [0.1, 0.15) is 34.5 Å². The van der Waals surface area contributed by atoms with Crippen LogP contribution in [-0.4, -0.2) is 43.0 Å². The van der Waals surface area contributed by atoms with Crippen molar-refractivity contribution in [2.24, 2.45) is 5.10 Å². The van der Waals surface area contributed by atoms with Crippen LogP contribution >= 0.6 is 11.3 Å². The Labute approximate surface area is 170 Å². The van der Waals surface area contributed by atoms with E-state index in [4.69, 9.17) is 4.74 Å². The van der Waals surface area contributed by atoms with Crippen LogP contribution in [0.2, 0.25) is 0 Å². The van der Waals surface area contributed by atoms with Gasteiger partial charge < -0.3 is 9.84 Å². The van der Waals surface area contributed by atoms with Crippen LogP contribution in [0.4, 0.5) is 13.2 Å². The molecule has 0 aliphatic carbocycles. The topological polar surface area (TPSA) is 104 Å². The van der Waals surface area contributed by atoms with E-state index in [-0.39, 0.29) is 24.2 Å². The van der Waals surface area contributed by atoms with Crippen LogP contribution in [0.15, 0.2) is 35.7 Å². The van der Waals surface area contributed by atoms with Gasteiger partial charge in [0, 0.05) is 12.4 Å². The second-order valence-electron chi connectivity index (χ2n) is 6.74. The molecule has 2 aliphatic rings. The summed E-state index contributed by atoms with van der Waals surface area (Å²) < 4.78 is 45.1. The monoisotopic (exact) mass is 435 g/mol. The number of epoxide rings is 1. The molecule has 0 saturated carbocycles. The summed E-state index contributed by atoms with van der Waals surface area (Å²) >= 11 is 1.24. The van der Waals surface area contributed by atoms with Gasteiger partial charge in [0.15, 0.2) is 12.3 Å². The second kappa shape index (κ2) is 6.71. The number of hydrogen-bond donors (Lipinski definition) is 1. The first-order chi connectivity index (χ1) is 14.3. The number of alkyl halides is 3. The Morgan fingerprint density at radius 3 is 2.83 bits per heavy atom. The maximum absolute atomic E-state index is 12.9. The van der Waals surface area contributed by atoms with Gasteiger partial charge in [-0.05, 0) is 18.2 Å². The standard InChI is InChI=1S/C18H12F3N5O3S/c19-18(20,21)8-1-2-11-9(5-8)24-12(30-11)7-26-17-16(29-17)15-14(22-3-4-23-15)10(25-26)6-13(27)28/h1-5,16-17H,6-7H2,(H,27,28). The Morgan fingerprint density at radius 1 is 1.27 bits per heavy atom. The predicted octanol–water partition coefficient (Wildman–Crippen LogP) is 3.20. The molecule has 0 bridgehead atoms. The lowest BCUT2D eigenvalue weighted by atomic mass is 10.1. The van der Waals surface area contributed by atoms with Crippen molar-refractivity contribution in [2.45, 2.75) is 31.5 Å². The van der Waals surface area contributed by atoms with Gasteiger partial charge >= 0.3 is 12.1 Å². The summed E-state index contributed by atoms with van der Waals surface area (Å²) in [5.41, 5.74) is 0.607. The molecule has 0 amide bonds. The summed E-state index contributed by atoms with van der Waals surface area (Å²) in [6.45, 7) is 0.152. The third kappa shape index (κ3) is 3.37. The van der Waals surface area contributed by atoms with Crippen LogP contribution in [0.5, 0.6) is 0 Å². The van der Waals surface area contributed by atoms with Crippen molar-refractivity contribution >= 4 is 33.2 Å². The molecule has 30 heavy (non-hydrogen) atoms. The zero-order valence-electron chi connectivity index (χ0n) is 15.0. The first-order valence-corrected chi connectivity index (χ1v) is 9.60. The highest BCUT2D eigenvalue weighted by atomic mass is 32.1. The number of carboxylic acid groups (broad SMARTS) is 1. The molecule has 2 unspecified atom stereocenters. The van der Waals surface area contributed by atoms with Gasteiger partial charge in [-0.15, -0.1) is 11.3 Å². The van der Waals surface area contributed by atoms with Crippen LogP contribution in [-0.2, 0) is 22.3 Å². The molecule has 12 heteroatoms. The minimum Gasteiger partial charge on any atom is -0.481 e.